The summed E-state index contributed by atoms with van der Waals surface area (Å²) < 4.78 is 15.6. The van der Waals surface area contributed by atoms with Crippen molar-refractivity contribution in [1.29, 1.82) is 0 Å². The fourth-order valence-electron chi connectivity index (χ4n) is 0.387. The monoisotopic (exact) mass is 163 g/mol. The second-order valence-corrected chi connectivity index (χ2v) is 3.59. The van der Waals surface area contributed by atoms with Crippen LogP contribution in [0.3, 0.4) is 0 Å². The molecule has 0 amide bonds. The molecular weight excluding hydrogens is 151 g/mol. The van der Waals surface area contributed by atoms with Crippen LogP contribution >= 0.6 is 8.03 Å². The maximum Gasteiger partial charge on any atom is 0.518 e. The average molecular weight is 163 g/mol. The summed E-state index contributed by atoms with van der Waals surface area (Å²) >= 11 is 0. The number of Topliss-reactive ketones (excluding diaryl/α,β-unsaturated/α-hetero) is 1. The van der Waals surface area contributed by atoms with Crippen molar-refractivity contribution in [1.82, 2.24) is 0 Å². The molecule has 4 heteroatoms. The number of carbonyl (C=O) groups is 1. The van der Waals surface area contributed by atoms with Crippen molar-refractivity contribution < 1.29 is 13.9 Å². The van der Waals surface area contributed by atoms with E-state index >= 15 is 0 Å². The second kappa shape index (κ2) is 4.53. The molecule has 2 unspecified atom stereocenters. The van der Waals surface area contributed by atoms with Gasteiger partial charge in [-0.1, -0.05) is 0 Å². The third-order valence-electron chi connectivity index (χ3n) is 1.16. The largest absolute Gasteiger partial charge is 0.518 e. The van der Waals surface area contributed by atoms with E-state index in [9.17, 15) is 9.36 Å². The van der Waals surface area contributed by atoms with Crippen LogP contribution in [0.2, 0.25) is 0 Å². The van der Waals surface area contributed by atoms with Gasteiger partial charge in [-0.25, -0.2) is 0 Å². The van der Waals surface area contributed by atoms with Crippen LogP contribution in [-0.2, 0) is 13.9 Å². The molecule has 0 saturated heterocycles. The lowest BCUT2D eigenvalue weighted by molar-refractivity contribution is -0.116. The summed E-state index contributed by atoms with van der Waals surface area (Å²) in [5.74, 6) is -0.0884. The quantitative estimate of drug-likeness (QED) is 0.593. The molecule has 0 aromatic rings. The topological polar surface area (TPSA) is 43.4 Å². The highest BCUT2D eigenvalue weighted by Gasteiger charge is 2.31. The Balaban J connectivity index is 3.82. The van der Waals surface area contributed by atoms with Crippen LogP contribution in [0.25, 0.3) is 0 Å². The lowest BCUT2D eigenvalue weighted by atomic mass is 10.3. The molecular formula is C6H12O3P+. The molecule has 0 N–H and O–H groups in total. The van der Waals surface area contributed by atoms with E-state index < -0.39 is 13.7 Å². The molecule has 0 spiro atoms. The number of hydrogen-bond acceptors (Lipinski definition) is 3. The Morgan fingerprint density at radius 2 is 2.20 bits per heavy atom. The first-order chi connectivity index (χ1) is 4.59. The zero-order chi connectivity index (χ0) is 8.15. The molecule has 0 saturated carbocycles. The van der Waals surface area contributed by atoms with Crippen molar-refractivity contribution in [3.63, 3.8) is 0 Å². The molecule has 2 atom stereocenters. The molecule has 0 aliphatic heterocycles. The predicted molar refractivity (Wildman–Crippen MR) is 39.4 cm³/mol. The maximum atomic E-state index is 10.9. The van der Waals surface area contributed by atoms with Gasteiger partial charge in [-0.3, -0.25) is 4.79 Å². The van der Waals surface area contributed by atoms with Crippen LogP contribution in [0.5, 0.6) is 0 Å². The van der Waals surface area contributed by atoms with Gasteiger partial charge in [0.25, 0.3) is 0 Å². The van der Waals surface area contributed by atoms with Gasteiger partial charge in [-0.05, 0) is 25.3 Å². The molecule has 0 rings (SSSR count). The molecule has 58 valence electrons. The van der Waals surface area contributed by atoms with Gasteiger partial charge in [0.15, 0.2) is 5.78 Å². The average Bonchev–Trinajstić information content (AvgIpc) is 1.87. The Hall–Kier alpha value is -0.270. The summed E-state index contributed by atoms with van der Waals surface area (Å²) in [7, 11) is -1.78. The van der Waals surface area contributed by atoms with Crippen LogP contribution in [0.4, 0.5) is 0 Å². The molecule has 0 aromatic heterocycles. The molecule has 0 aromatic carbocycles. The van der Waals surface area contributed by atoms with Crippen LogP contribution < -0.4 is 0 Å². The minimum Gasteiger partial charge on any atom is -0.295 e. The number of ketones is 1. The Kier molecular flexibility index (Phi) is 4.41. The number of rotatable bonds is 4. The van der Waals surface area contributed by atoms with E-state index in [1.165, 1.54) is 6.92 Å². The Morgan fingerprint density at radius 1 is 1.70 bits per heavy atom. The van der Waals surface area contributed by atoms with Gasteiger partial charge in [0.1, 0.15) is 0 Å². The summed E-state index contributed by atoms with van der Waals surface area (Å²) in [4.78, 5) is 10.6. The van der Waals surface area contributed by atoms with Crippen molar-refractivity contribution in [3.8, 4) is 0 Å². The van der Waals surface area contributed by atoms with Gasteiger partial charge >= 0.3 is 8.03 Å². The normalized spacial score (nSPS) is 14.5. The first-order valence-corrected chi connectivity index (χ1v) is 4.44. The van der Waals surface area contributed by atoms with Crippen LogP contribution in [0.1, 0.15) is 20.8 Å². The zero-order valence-electron chi connectivity index (χ0n) is 6.46. The molecule has 0 radical (unpaired) electrons. The number of carbonyl (C=O) groups excluding carboxylic acids is 1. The Morgan fingerprint density at radius 3 is 2.50 bits per heavy atom. The second-order valence-electron chi connectivity index (χ2n) is 1.99. The lowest BCUT2D eigenvalue weighted by Gasteiger charge is -1.90. The molecule has 10 heavy (non-hydrogen) atoms. The molecule has 0 aliphatic carbocycles. The van der Waals surface area contributed by atoms with Crippen molar-refractivity contribution in [2.45, 2.75) is 26.4 Å². The minimum absolute atomic E-state index is 0.0884. The van der Waals surface area contributed by atoms with E-state index in [0.717, 1.165) is 0 Å². The Bertz CT molecular complexity index is 144. The highest BCUT2D eigenvalue weighted by Crippen LogP contribution is 2.28. The van der Waals surface area contributed by atoms with E-state index in [1.54, 1.807) is 13.8 Å². The third kappa shape index (κ3) is 3.04. The summed E-state index contributed by atoms with van der Waals surface area (Å²) in [5.41, 5.74) is -0.463. The molecule has 0 fully saturated rings. The van der Waals surface area contributed by atoms with Crippen molar-refractivity contribution >= 4 is 13.8 Å². The summed E-state index contributed by atoms with van der Waals surface area (Å²) in [6, 6.07) is 0. The van der Waals surface area contributed by atoms with Gasteiger partial charge < -0.3 is 0 Å². The highest BCUT2D eigenvalue weighted by atomic mass is 31.1. The fraction of sp³-hybridized carbons (Fsp3) is 0.833. The first-order valence-electron chi connectivity index (χ1n) is 3.19. The fourth-order valence-corrected chi connectivity index (χ4v) is 1.16. The first kappa shape index (κ1) is 9.73. The van der Waals surface area contributed by atoms with E-state index in [2.05, 4.69) is 0 Å². The van der Waals surface area contributed by atoms with Gasteiger partial charge in [0.2, 0.25) is 5.66 Å². The summed E-state index contributed by atoms with van der Waals surface area (Å²) in [5, 5.41) is 0. The van der Waals surface area contributed by atoms with Crippen LogP contribution in [0, 0.1) is 0 Å². The highest BCUT2D eigenvalue weighted by molar-refractivity contribution is 7.41. The van der Waals surface area contributed by atoms with E-state index in [-0.39, 0.29) is 5.78 Å². The van der Waals surface area contributed by atoms with Gasteiger partial charge in [-0.15, -0.1) is 4.52 Å². The van der Waals surface area contributed by atoms with E-state index in [1.807, 2.05) is 0 Å². The Labute approximate surface area is 61.6 Å². The van der Waals surface area contributed by atoms with E-state index in [0.29, 0.717) is 6.61 Å². The predicted octanol–water partition coefficient (Wildman–Crippen LogP) is 1.74. The smallest absolute Gasteiger partial charge is 0.295 e. The van der Waals surface area contributed by atoms with Crippen molar-refractivity contribution in [2.24, 2.45) is 0 Å². The molecule has 0 bridgehead atoms. The third-order valence-corrected chi connectivity index (χ3v) is 2.67. The van der Waals surface area contributed by atoms with E-state index in [4.69, 9.17) is 4.52 Å². The standard InChI is InChI=1S/C6H12O3P/c1-4-9-10(8)6(3)5(2)7/h6H,4H2,1-3H3/q+1. The van der Waals surface area contributed by atoms with Gasteiger partial charge in [0, 0.05) is 0 Å². The minimum atomic E-state index is -1.78. The van der Waals surface area contributed by atoms with Gasteiger partial charge in [0.05, 0.1) is 6.61 Å². The SMILES string of the molecule is CCO[P+](=O)C(C)C(C)=O. The molecule has 0 aliphatic rings. The van der Waals surface area contributed by atoms with Crippen LogP contribution in [-0.4, -0.2) is 18.0 Å². The number of hydrogen-bond donors (Lipinski definition) is 0. The van der Waals surface area contributed by atoms with Crippen LogP contribution in [0.15, 0.2) is 0 Å². The van der Waals surface area contributed by atoms with Crippen molar-refractivity contribution in [2.75, 3.05) is 6.61 Å². The molecule has 0 heterocycles. The maximum absolute atomic E-state index is 10.9. The van der Waals surface area contributed by atoms with Crippen molar-refractivity contribution in [3.05, 3.63) is 0 Å². The van der Waals surface area contributed by atoms with Gasteiger partial charge in [-0.2, -0.15) is 0 Å². The summed E-state index contributed by atoms with van der Waals surface area (Å²) in [6.45, 7) is 5.17. The summed E-state index contributed by atoms with van der Waals surface area (Å²) in [6.07, 6.45) is 0. The lowest BCUT2D eigenvalue weighted by Crippen LogP contribution is -2.08. The molecule has 3 nitrogen and oxygen atoms in total. The zero-order valence-corrected chi connectivity index (χ0v) is 7.35.